The number of rotatable bonds is 9. The van der Waals surface area contributed by atoms with Crippen LogP contribution in [0.1, 0.15) is 81.4 Å². The Bertz CT molecular complexity index is 1670. The molecule has 48 heavy (non-hydrogen) atoms. The van der Waals surface area contributed by atoms with Crippen molar-refractivity contribution in [2.45, 2.75) is 88.4 Å². The second-order valence-electron chi connectivity index (χ2n) is 12.5. The number of halogens is 10. The molecule has 1 atom stereocenters. The molecule has 2 aliphatic carbocycles. The van der Waals surface area contributed by atoms with Crippen LogP contribution >= 0.6 is 0 Å². The van der Waals surface area contributed by atoms with E-state index in [1.54, 1.807) is 12.0 Å². The summed E-state index contributed by atoms with van der Waals surface area (Å²) in [5.74, 6) is -24.6. The molecule has 1 saturated carbocycles. The second-order valence-corrected chi connectivity index (χ2v) is 12.5. The van der Waals surface area contributed by atoms with Gasteiger partial charge < -0.3 is 9.47 Å². The van der Waals surface area contributed by atoms with E-state index in [2.05, 4.69) is 11.7 Å². The maximum Gasteiger partial charge on any atom is 0.343 e. The number of hydrogen-bond donors (Lipinski definition) is 0. The van der Waals surface area contributed by atoms with Crippen molar-refractivity contribution >= 4 is 0 Å². The molecule has 0 N–H and O–H groups in total. The van der Waals surface area contributed by atoms with Crippen LogP contribution in [0.15, 0.2) is 36.1 Å². The van der Waals surface area contributed by atoms with E-state index < -0.39 is 87.7 Å². The van der Waals surface area contributed by atoms with Crippen LogP contribution in [0, 0.1) is 53.8 Å². The summed E-state index contributed by atoms with van der Waals surface area (Å²) >= 11 is 0. The lowest BCUT2D eigenvalue weighted by Crippen LogP contribution is -2.47. The Morgan fingerprint density at radius 3 is 2.10 bits per heavy atom. The number of unbranched alkanes of at least 4 members (excludes halogenated alkanes) is 2. The van der Waals surface area contributed by atoms with Crippen LogP contribution in [-0.4, -0.2) is 12.5 Å². The van der Waals surface area contributed by atoms with E-state index in [0.29, 0.717) is 36.5 Å². The van der Waals surface area contributed by atoms with Gasteiger partial charge >= 0.3 is 23.7 Å². The van der Waals surface area contributed by atoms with Gasteiger partial charge in [0.15, 0.2) is 11.6 Å². The topological polar surface area (TPSA) is 18.5 Å². The Kier molecular flexibility index (Phi) is 9.80. The summed E-state index contributed by atoms with van der Waals surface area (Å²) in [7, 11) is 0. The summed E-state index contributed by atoms with van der Waals surface area (Å²) < 4.78 is 165. The number of alkyl halides is 8. The lowest BCUT2D eigenvalue weighted by Gasteiger charge is -2.39. The minimum absolute atomic E-state index is 0.0853. The monoisotopic (exact) mass is 686 g/mol. The maximum atomic E-state index is 15.7. The van der Waals surface area contributed by atoms with E-state index in [4.69, 9.17) is 11.2 Å². The van der Waals surface area contributed by atoms with Gasteiger partial charge in [0.2, 0.25) is 0 Å². The second kappa shape index (κ2) is 13.2. The smallest absolute Gasteiger partial charge is 0.343 e. The van der Waals surface area contributed by atoms with E-state index in [1.807, 2.05) is 12.0 Å². The first-order chi connectivity index (χ1) is 22.6. The van der Waals surface area contributed by atoms with Crippen LogP contribution in [0.3, 0.4) is 0 Å². The highest BCUT2D eigenvalue weighted by Gasteiger charge is 2.68. The maximum absolute atomic E-state index is 15.7. The molecule has 1 unspecified atom stereocenters. The third kappa shape index (κ3) is 5.90. The fourth-order valence-corrected chi connectivity index (χ4v) is 6.91. The van der Waals surface area contributed by atoms with Crippen molar-refractivity contribution in [1.82, 2.24) is 0 Å². The van der Waals surface area contributed by atoms with Gasteiger partial charge in [-0.25, -0.2) is 8.78 Å². The number of fused-ring (bicyclic) bond motifs is 3. The first-order valence-electron chi connectivity index (χ1n) is 15.7. The molecule has 5 rings (SSSR count). The standard InChI is InChI=1S/C36H32F10O2/c1-3-5-7-8-21-9-17-27(48-20-21)22-10-12-23(13-11-22)33(39,40)34(41,42)26-16-14-24-25-15-18-28(47-19-6-4-2)32(38)30(25)36(45,46)35(43,44)29(24)31(26)37/h2,14-18,21-23H,3,5,7-13,20H2,1H3. The van der Waals surface area contributed by atoms with E-state index in [0.717, 1.165) is 32.1 Å². The zero-order valence-corrected chi connectivity index (χ0v) is 25.9. The molecular formula is C36H32F10O2. The van der Waals surface area contributed by atoms with Crippen molar-refractivity contribution in [1.29, 1.82) is 0 Å². The largest absolute Gasteiger partial charge is 0.498 e. The number of ether oxygens (including phenoxy) is 2. The number of hydrogen-bond acceptors (Lipinski definition) is 2. The average Bonchev–Trinajstić information content (AvgIpc) is 3.04. The minimum Gasteiger partial charge on any atom is -0.498 e. The van der Waals surface area contributed by atoms with Gasteiger partial charge in [0, 0.05) is 17.8 Å². The van der Waals surface area contributed by atoms with Crippen molar-refractivity contribution in [3.8, 4) is 41.2 Å². The number of terminal acetylenes is 1. The third-order valence-corrected chi connectivity index (χ3v) is 9.60. The zero-order chi connectivity index (χ0) is 35.1. The Balaban J connectivity index is 1.41. The molecule has 0 aromatic heterocycles. The van der Waals surface area contributed by atoms with Crippen LogP contribution in [0.5, 0.6) is 5.75 Å². The summed E-state index contributed by atoms with van der Waals surface area (Å²) in [4.78, 5) is 0. The van der Waals surface area contributed by atoms with E-state index in [-0.39, 0.29) is 24.8 Å². The Morgan fingerprint density at radius 2 is 1.52 bits per heavy atom. The molecule has 3 aliphatic rings. The third-order valence-electron chi connectivity index (χ3n) is 9.60. The quantitative estimate of drug-likeness (QED) is 0.149. The zero-order valence-electron chi connectivity index (χ0n) is 25.9. The van der Waals surface area contributed by atoms with Gasteiger partial charge in [-0.2, -0.15) is 35.1 Å². The van der Waals surface area contributed by atoms with Crippen LogP contribution < -0.4 is 4.74 Å². The lowest BCUT2D eigenvalue weighted by molar-refractivity contribution is -0.251. The van der Waals surface area contributed by atoms with Gasteiger partial charge in [-0.1, -0.05) is 32.3 Å². The van der Waals surface area contributed by atoms with Crippen molar-refractivity contribution in [3.63, 3.8) is 0 Å². The molecule has 1 aliphatic heterocycles. The summed E-state index contributed by atoms with van der Waals surface area (Å²) in [5.41, 5.74) is -8.36. The lowest BCUT2D eigenvalue weighted by atomic mass is 9.74. The first-order valence-corrected chi connectivity index (χ1v) is 15.7. The van der Waals surface area contributed by atoms with Crippen LogP contribution in [0.4, 0.5) is 43.9 Å². The van der Waals surface area contributed by atoms with Gasteiger partial charge in [0.25, 0.3) is 0 Å². The molecule has 12 heteroatoms. The molecule has 0 saturated heterocycles. The normalized spacial score (nSPS) is 23.0. The fourth-order valence-electron chi connectivity index (χ4n) is 6.91. The summed E-state index contributed by atoms with van der Waals surface area (Å²) in [6.07, 6.45) is 13.0. The molecule has 2 nitrogen and oxygen atoms in total. The summed E-state index contributed by atoms with van der Waals surface area (Å²) in [6.45, 7) is 2.59. The van der Waals surface area contributed by atoms with Gasteiger partial charge in [-0.15, -0.1) is 6.42 Å². The van der Waals surface area contributed by atoms with Crippen LogP contribution in [0.25, 0.3) is 11.1 Å². The molecule has 0 radical (unpaired) electrons. The highest BCUT2D eigenvalue weighted by molar-refractivity contribution is 5.77. The van der Waals surface area contributed by atoms with Gasteiger partial charge in [0.1, 0.15) is 11.9 Å². The predicted molar refractivity (Wildman–Crippen MR) is 157 cm³/mol. The SMILES string of the molecule is C#CC#COc1ccc2c(c1F)C(F)(F)C(F)(F)c1c-2ccc(C(F)(F)C(F)(F)C2CCC(C3=CCC(CCCCC)CO3)CC2)c1F. The average molecular weight is 687 g/mol. The highest BCUT2D eigenvalue weighted by Crippen LogP contribution is 2.61. The molecule has 0 amide bonds. The number of benzene rings is 2. The molecule has 0 spiro atoms. The van der Waals surface area contributed by atoms with Crippen LogP contribution in [-0.2, 0) is 22.5 Å². The highest BCUT2D eigenvalue weighted by atomic mass is 19.3. The molecule has 258 valence electrons. The van der Waals surface area contributed by atoms with Crippen molar-refractivity contribution in [2.24, 2.45) is 17.8 Å². The molecule has 1 heterocycles. The summed E-state index contributed by atoms with van der Waals surface area (Å²) in [6, 6.07) is 1.93. The van der Waals surface area contributed by atoms with Crippen molar-refractivity contribution < 1.29 is 53.4 Å². The van der Waals surface area contributed by atoms with Gasteiger partial charge in [-0.3, -0.25) is 0 Å². The molecule has 2 aromatic rings. The Morgan fingerprint density at radius 1 is 0.896 bits per heavy atom. The van der Waals surface area contributed by atoms with Gasteiger partial charge in [-0.05, 0) is 85.8 Å². The van der Waals surface area contributed by atoms with E-state index in [1.165, 1.54) is 0 Å². The minimum atomic E-state index is -5.63. The molecular weight excluding hydrogens is 654 g/mol. The Labute approximate surface area is 271 Å². The van der Waals surface area contributed by atoms with Crippen molar-refractivity contribution in [2.75, 3.05) is 6.61 Å². The predicted octanol–water partition coefficient (Wildman–Crippen LogP) is 10.8. The number of allylic oxidation sites excluding steroid dienone is 2. The summed E-state index contributed by atoms with van der Waals surface area (Å²) in [5, 5.41) is 0. The fraction of sp³-hybridized carbons (Fsp3) is 0.500. The van der Waals surface area contributed by atoms with Crippen molar-refractivity contribution in [3.05, 3.63) is 64.4 Å². The first kappa shape index (κ1) is 35.5. The van der Waals surface area contributed by atoms with E-state index in [9.17, 15) is 0 Å². The molecule has 2 aromatic carbocycles. The van der Waals surface area contributed by atoms with Crippen LogP contribution in [0.2, 0.25) is 0 Å². The molecule has 1 fully saturated rings. The van der Waals surface area contributed by atoms with E-state index >= 15 is 43.9 Å². The Hall–Kier alpha value is -3.80. The van der Waals surface area contributed by atoms with Gasteiger partial charge in [0.05, 0.1) is 29.1 Å². The molecule has 0 bridgehead atoms.